The topological polar surface area (TPSA) is 74.6 Å². The van der Waals surface area contributed by atoms with Crippen molar-refractivity contribution < 1.29 is 19.8 Å². The maximum atomic E-state index is 12.9. The minimum atomic E-state index is -1.27. The summed E-state index contributed by atoms with van der Waals surface area (Å²) in [6.07, 6.45) is 11.3. The van der Waals surface area contributed by atoms with E-state index in [1.165, 1.54) is 0 Å². The summed E-state index contributed by atoms with van der Waals surface area (Å²) in [5.74, 6) is -0.550. The number of allylic oxidation sites excluding steroid dienone is 2. The Labute approximate surface area is 190 Å². The van der Waals surface area contributed by atoms with Gasteiger partial charge in [-0.15, -0.1) is 0 Å². The molecule has 1 aliphatic rings. The zero-order valence-electron chi connectivity index (χ0n) is 21.1. The van der Waals surface area contributed by atoms with E-state index in [-0.39, 0.29) is 17.8 Å². The first kappa shape index (κ1) is 27.7. The van der Waals surface area contributed by atoms with Gasteiger partial charge < -0.3 is 10.2 Å². The van der Waals surface area contributed by atoms with Gasteiger partial charge in [-0.3, -0.25) is 9.59 Å². The predicted molar refractivity (Wildman–Crippen MR) is 128 cm³/mol. The minimum Gasteiger partial charge on any atom is -0.481 e. The predicted octanol–water partition coefficient (Wildman–Crippen LogP) is 7.43. The molecule has 0 aromatic carbocycles. The third-order valence-corrected chi connectivity index (χ3v) is 7.64. The van der Waals surface area contributed by atoms with Crippen LogP contribution in [0.25, 0.3) is 0 Å². The molecule has 5 unspecified atom stereocenters. The Hall–Kier alpha value is -1.32. The summed E-state index contributed by atoms with van der Waals surface area (Å²) in [7, 11) is 0. The Kier molecular flexibility index (Phi) is 10.8. The number of rotatable bonds is 14. The summed E-state index contributed by atoms with van der Waals surface area (Å²) in [5, 5.41) is 21.1. The van der Waals surface area contributed by atoms with Crippen molar-refractivity contribution in [1.82, 2.24) is 0 Å². The maximum absolute atomic E-state index is 12.9. The minimum absolute atomic E-state index is 0.179. The van der Waals surface area contributed by atoms with Crippen LogP contribution in [0, 0.1) is 40.4 Å². The van der Waals surface area contributed by atoms with Crippen LogP contribution in [0.1, 0.15) is 106 Å². The number of carboxylic acid groups (broad SMARTS) is 2. The second kappa shape index (κ2) is 12.1. The quantitative estimate of drug-likeness (QED) is 0.278. The van der Waals surface area contributed by atoms with Crippen LogP contribution in [0.2, 0.25) is 0 Å². The Morgan fingerprint density at radius 3 is 1.74 bits per heavy atom. The molecule has 0 aliphatic heterocycles. The van der Waals surface area contributed by atoms with Gasteiger partial charge in [-0.25, -0.2) is 0 Å². The fraction of sp³-hybridized carbons (Fsp3) is 0.852. The lowest BCUT2D eigenvalue weighted by molar-refractivity contribution is -0.184. The summed E-state index contributed by atoms with van der Waals surface area (Å²) in [5.41, 5.74) is -2.52. The average molecular weight is 437 g/mol. The van der Waals surface area contributed by atoms with Crippen molar-refractivity contribution in [2.24, 2.45) is 40.4 Å². The average Bonchev–Trinajstić information content (AvgIpc) is 2.63. The van der Waals surface area contributed by atoms with E-state index in [1.807, 2.05) is 19.1 Å². The van der Waals surface area contributed by atoms with E-state index >= 15 is 0 Å². The van der Waals surface area contributed by atoms with Crippen LogP contribution < -0.4 is 0 Å². The van der Waals surface area contributed by atoms with Crippen LogP contribution in [0.15, 0.2) is 12.2 Å². The molecule has 2 N–H and O–H groups in total. The van der Waals surface area contributed by atoms with Crippen molar-refractivity contribution in [1.29, 1.82) is 0 Å². The molecule has 0 aromatic rings. The number of carbonyl (C=O) groups is 2. The Bertz CT molecular complexity index is 608. The lowest BCUT2D eigenvalue weighted by atomic mass is 9.49. The van der Waals surface area contributed by atoms with Gasteiger partial charge in [0.05, 0.1) is 10.8 Å². The molecule has 0 bridgehead atoms. The first-order valence-corrected chi connectivity index (χ1v) is 12.5. The van der Waals surface area contributed by atoms with Crippen molar-refractivity contribution in [3.8, 4) is 0 Å². The molecule has 0 heterocycles. The first-order chi connectivity index (χ1) is 14.4. The van der Waals surface area contributed by atoms with E-state index in [0.29, 0.717) is 31.1 Å². The molecule has 5 atom stereocenters. The molecule has 0 fully saturated rings. The number of aliphatic carboxylic acids is 2. The van der Waals surface area contributed by atoms with Crippen molar-refractivity contribution in [2.75, 3.05) is 0 Å². The third-order valence-electron chi connectivity index (χ3n) is 7.64. The van der Waals surface area contributed by atoms with E-state index in [1.54, 1.807) is 0 Å². The van der Waals surface area contributed by atoms with Crippen molar-refractivity contribution in [3.63, 3.8) is 0 Å². The van der Waals surface area contributed by atoms with Gasteiger partial charge in [-0.2, -0.15) is 0 Å². The highest BCUT2D eigenvalue weighted by Gasteiger charge is 2.64. The number of hydrogen-bond acceptors (Lipinski definition) is 2. The summed E-state index contributed by atoms with van der Waals surface area (Å²) < 4.78 is 0. The summed E-state index contributed by atoms with van der Waals surface area (Å²) in [4.78, 5) is 25.8. The molecule has 31 heavy (non-hydrogen) atoms. The fourth-order valence-corrected chi connectivity index (χ4v) is 5.85. The molecule has 1 rings (SSSR count). The van der Waals surface area contributed by atoms with Crippen LogP contribution in [0.4, 0.5) is 0 Å². The molecule has 0 saturated heterocycles. The molecule has 4 nitrogen and oxygen atoms in total. The fourth-order valence-electron chi connectivity index (χ4n) is 5.85. The van der Waals surface area contributed by atoms with Crippen LogP contribution in [-0.2, 0) is 9.59 Å². The van der Waals surface area contributed by atoms with E-state index in [0.717, 1.165) is 38.5 Å². The standard InChI is InChI=1S/C27H48O4/c1-19(2)11-8-13-21(5)17-26(24(28)29)16-10-15-23(7)27(26,25(30)31)18-22(6)14-9-12-20(3)4/h10,15,19-23H,8-9,11-14,16-18H2,1-7H3,(H,28,29)(H,30,31). The highest BCUT2D eigenvalue weighted by Crippen LogP contribution is 2.58. The number of carboxylic acids is 2. The molecular formula is C27H48O4. The summed E-state index contributed by atoms with van der Waals surface area (Å²) in [6, 6.07) is 0. The largest absolute Gasteiger partial charge is 0.481 e. The molecule has 0 radical (unpaired) electrons. The highest BCUT2D eigenvalue weighted by atomic mass is 16.4. The monoisotopic (exact) mass is 436 g/mol. The smallest absolute Gasteiger partial charge is 0.311 e. The second-order valence-corrected chi connectivity index (χ2v) is 11.4. The van der Waals surface area contributed by atoms with Gasteiger partial charge >= 0.3 is 11.9 Å². The van der Waals surface area contributed by atoms with Crippen LogP contribution in [0.5, 0.6) is 0 Å². The molecule has 1 aliphatic carbocycles. The van der Waals surface area contributed by atoms with Crippen molar-refractivity contribution in [2.45, 2.75) is 106 Å². The normalized spacial score (nSPS) is 28.1. The van der Waals surface area contributed by atoms with Gasteiger partial charge in [-0.05, 0) is 48.9 Å². The SMILES string of the molecule is CC(C)CCCC(C)CC1(C(=O)O)CC=CC(C)C1(CC(C)CCCC(C)C)C(=O)O. The zero-order valence-corrected chi connectivity index (χ0v) is 21.1. The van der Waals surface area contributed by atoms with Gasteiger partial charge in [0.25, 0.3) is 0 Å². The zero-order chi connectivity index (χ0) is 23.8. The van der Waals surface area contributed by atoms with Gasteiger partial charge in [0.2, 0.25) is 0 Å². The molecule has 0 aromatic heterocycles. The summed E-state index contributed by atoms with van der Waals surface area (Å²) >= 11 is 0. The second-order valence-electron chi connectivity index (χ2n) is 11.4. The molecular weight excluding hydrogens is 388 g/mol. The van der Waals surface area contributed by atoms with Crippen molar-refractivity contribution in [3.05, 3.63) is 12.2 Å². The van der Waals surface area contributed by atoms with E-state index in [9.17, 15) is 19.8 Å². The van der Waals surface area contributed by atoms with Gasteiger partial charge in [0.1, 0.15) is 0 Å². The number of hydrogen-bond donors (Lipinski definition) is 2. The first-order valence-electron chi connectivity index (χ1n) is 12.5. The third kappa shape index (κ3) is 6.83. The van der Waals surface area contributed by atoms with E-state index in [2.05, 4.69) is 41.5 Å². The molecule has 0 amide bonds. The highest BCUT2D eigenvalue weighted by molar-refractivity contribution is 5.88. The molecule has 0 spiro atoms. The molecule has 0 saturated carbocycles. The van der Waals surface area contributed by atoms with E-state index < -0.39 is 22.8 Å². The van der Waals surface area contributed by atoms with Crippen LogP contribution in [-0.4, -0.2) is 22.2 Å². The summed E-state index contributed by atoms with van der Waals surface area (Å²) in [6.45, 7) is 14.9. The van der Waals surface area contributed by atoms with Crippen molar-refractivity contribution >= 4 is 11.9 Å². The van der Waals surface area contributed by atoms with Gasteiger partial charge in [-0.1, -0.05) is 99.1 Å². The van der Waals surface area contributed by atoms with Crippen LogP contribution >= 0.6 is 0 Å². The molecule has 180 valence electrons. The maximum Gasteiger partial charge on any atom is 0.311 e. The van der Waals surface area contributed by atoms with Gasteiger partial charge in [0.15, 0.2) is 0 Å². The van der Waals surface area contributed by atoms with E-state index in [4.69, 9.17) is 0 Å². The van der Waals surface area contributed by atoms with Crippen LogP contribution in [0.3, 0.4) is 0 Å². The Balaban J connectivity index is 3.22. The van der Waals surface area contributed by atoms with Gasteiger partial charge in [0, 0.05) is 0 Å². The Morgan fingerprint density at radius 2 is 1.32 bits per heavy atom. The lowest BCUT2D eigenvalue weighted by Crippen LogP contribution is -2.58. The molecule has 4 heteroatoms. The lowest BCUT2D eigenvalue weighted by Gasteiger charge is -2.52. The Morgan fingerprint density at radius 1 is 0.839 bits per heavy atom.